The molecule has 1 atom stereocenters. The lowest BCUT2D eigenvalue weighted by Gasteiger charge is -2.13. The van der Waals surface area contributed by atoms with Crippen LogP contribution in [0, 0.1) is 0 Å². The van der Waals surface area contributed by atoms with Crippen LogP contribution in [0.3, 0.4) is 0 Å². The minimum Gasteiger partial charge on any atom is -0.382 e. The molecule has 0 aliphatic rings. The first kappa shape index (κ1) is 15.6. The second kappa shape index (κ2) is 12.6. The van der Waals surface area contributed by atoms with E-state index < -0.39 is 0 Å². The van der Waals surface area contributed by atoms with Crippen molar-refractivity contribution in [1.29, 1.82) is 0 Å². The van der Waals surface area contributed by atoms with Crippen LogP contribution in [-0.4, -0.2) is 52.7 Å². The minimum atomic E-state index is 0.235. The van der Waals surface area contributed by atoms with E-state index in [2.05, 4.69) is 18.8 Å². The van der Waals surface area contributed by atoms with Crippen molar-refractivity contribution in [2.75, 3.05) is 46.6 Å². The summed E-state index contributed by atoms with van der Waals surface area (Å²) in [5.41, 5.74) is 0. The van der Waals surface area contributed by atoms with Gasteiger partial charge in [0.25, 0.3) is 0 Å². The largest absolute Gasteiger partial charge is 0.382 e. The van der Waals surface area contributed by atoms with Crippen molar-refractivity contribution in [3.8, 4) is 0 Å². The van der Waals surface area contributed by atoms with Crippen LogP contribution in [0.1, 0.15) is 13.3 Å². The number of rotatable bonds is 12. The quantitative estimate of drug-likeness (QED) is 0.405. The van der Waals surface area contributed by atoms with Gasteiger partial charge in [0.1, 0.15) is 0 Å². The van der Waals surface area contributed by atoms with Crippen LogP contribution in [0.4, 0.5) is 0 Å². The summed E-state index contributed by atoms with van der Waals surface area (Å²) in [5, 5.41) is 3.21. The van der Waals surface area contributed by atoms with Crippen LogP contribution >= 0.6 is 0 Å². The fourth-order valence-corrected chi connectivity index (χ4v) is 1.14. The molecule has 96 valence electrons. The molecule has 0 spiro atoms. The van der Waals surface area contributed by atoms with Gasteiger partial charge in [-0.05, 0) is 13.3 Å². The maximum absolute atomic E-state index is 5.59. The molecular weight excluding hydrogens is 206 g/mol. The Morgan fingerprint density at radius 1 is 1.25 bits per heavy atom. The van der Waals surface area contributed by atoms with E-state index in [0.717, 1.165) is 32.7 Å². The Morgan fingerprint density at radius 3 is 2.75 bits per heavy atom. The molecule has 0 saturated heterocycles. The Hall–Kier alpha value is -0.420. The monoisotopic (exact) mass is 231 g/mol. The third-order valence-corrected chi connectivity index (χ3v) is 1.99. The first-order valence-electron chi connectivity index (χ1n) is 5.81. The summed E-state index contributed by atoms with van der Waals surface area (Å²) in [6.45, 7) is 10.2. The highest BCUT2D eigenvalue weighted by molar-refractivity contribution is 4.70. The summed E-state index contributed by atoms with van der Waals surface area (Å²) < 4.78 is 15.8. The molecule has 0 radical (unpaired) electrons. The van der Waals surface area contributed by atoms with Crippen LogP contribution < -0.4 is 5.32 Å². The van der Waals surface area contributed by atoms with Gasteiger partial charge >= 0.3 is 0 Å². The predicted molar refractivity (Wildman–Crippen MR) is 65.8 cm³/mol. The van der Waals surface area contributed by atoms with Crippen LogP contribution in [-0.2, 0) is 14.2 Å². The highest BCUT2D eigenvalue weighted by Gasteiger charge is 2.00. The van der Waals surface area contributed by atoms with Gasteiger partial charge in [-0.1, -0.05) is 6.08 Å². The van der Waals surface area contributed by atoms with Crippen molar-refractivity contribution < 1.29 is 14.2 Å². The summed E-state index contributed by atoms with van der Waals surface area (Å²) in [5.74, 6) is 0. The summed E-state index contributed by atoms with van der Waals surface area (Å²) in [6.07, 6.45) is 3.00. The Kier molecular flexibility index (Phi) is 12.3. The number of nitrogens with one attached hydrogen (secondary N) is 1. The van der Waals surface area contributed by atoms with Crippen molar-refractivity contribution in [2.45, 2.75) is 19.4 Å². The lowest BCUT2D eigenvalue weighted by atomic mass is 10.4. The Balaban J connectivity index is 3.08. The average molecular weight is 231 g/mol. The molecule has 0 aliphatic heterocycles. The Labute approximate surface area is 99.0 Å². The maximum Gasteiger partial charge on any atom is 0.0700 e. The smallest absolute Gasteiger partial charge is 0.0700 e. The van der Waals surface area contributed by atoms with Gasteiger partial charge in [0.05, 0.1) is 19.3 Å². The van der Waals surface area contributed by atoms with E-state index in [9.17, 15) is 0 Å². The molecule has 0 aromatic carbocycles. The predicted octanol–water partition coefficient (Wildman–Crippen LogP) is 1.22. The number of hydrogen-bond acceptors (Lipinski definition) is 4. The third kappa shape index (κ3) is 11.7. The van der Waals surface area contributed by atoms with Gasteiger partial charge in [0, 0.05) is 33.4 Å². The standard InChI is InChI=1S/C12H25NO3/c1-4-6-13-11-12(2)16-8-5-7-15-10-9-14-3/h4,12-13H,1,5-11H2,2-3H3. The SMILES string of the molecule is C=CCNCC(C)OCCCOCCOC. The highest BCUT2D eigenvalue weighted by atomic mass is 16.5. The van der Waals surface area contributed by atoms with Gasteiger partial charge in [-0.25, -0.2) is 0 Å². The summed E-state index contributed by atoms with van der Waals surface area (Å²) in [4.78, 5) is 0. The van der Waals surface area contributed by atoms with Crippen molar-refractivity contribution in [3.63, 3.8) is 0 Å². The van der Waals surface area contributed by atoms with Crippen molar-refractivity contribution in [2.24, 2.45) is 0 Å². The maximum atomic E-state index is 5.59. The topological polar surface area (TPSA) is 39.7 Å². The van der Waals surface area contributed by atoms with Crippen molar-refractivity contribution >= 4 is 0 Å². The molecule has 4 nitrogen and oxygen atoms in total. The minimum absolute atomic E-state index is 0.235. The first-order valence-corrected chi connectivity index (χ1v) is 5.81. The molecule has 0 aromatic rings. The molecule has 0 heterocycles. The van der Waals surface area contributed by atoms with Gasteiger partial charge in [-0.15, -0.1) is 6.58 Å². The molecule has 1 N–H and O–H groups in total. The van der Waals surface area contributed by atoms with E-state index in [1.54, 1.807) is 7.11 Å². The van der Waals surface area contributed by atoms with Crippen molar-refractivity contribution in [3.05, 3.63) is 12.7 Å². The zero-order valence-electron chi connectivity index (χ0n) is 10.5. The van der Waals surface area contributed by atoms with E-state index in [4.69, 9.17) is 14.2 Å². The first-order chi connectivity index (χ1) is 7.81. The zero-order valence-corrected chi connectivity index (χ0v) is 10.5. The highest BCUT2D eigenvalue weighted by Crippen LogP contribution is 1.92. The fraction of sp³-hybridized carbons (Fsp3) is 0.833. The summed E-state index contributed by atoms with van der Waals surface area (Å²) in [7, 11) is 1.67. The number of ether oxygens (including phenoxy) is 3. The second-order valence-electron chi connectivity index (χ2n) is 3.59. The van der Waals surface area contributed by atoms with Crippen molar-refractivity contribution in [1.82, 2.24) is 5.32 Å². The number of hydrogen-bond donors (Lipinski definition) is 1. The molecule has 0 fully saturated rings. The molecule has 0 amide bonds. The summed E-state index contributed by atoms with van der Waals surface area (Å²) in [6, 6.07) is 0. The zero-order chi connectivity index (χ0) is 12.1. The average Bonchev–Trinajstić information content (AvgIpc) is 2.28. The van der Waals surface area contributed by atoms with Crippen LogP contribution in [0.15, 0.2) is 12.7 Å². The number of methoxy groups -OCH3 is 1. The van der Waals surface area contributed by atoms with Crippen LogP contribution in [0.5, 0.6) is 0 Å². The molecular formula is C12H25NO3. The van der Waals surface area contributed by atoms with Gasteiger partial charge < -0.3 is 19.5 Å². The summed E-state index contributed by atoms with van der Waals surface area (Å²) >= 11 is 0. The van der Waals surface area contributed by atoms with E-state index >= 15 is 0 Å². The molecule has 0 bridgehead atoms. The molecule has 0 saturated carbocycles. The lowest BCUT2D eigenvalue weighted by Crippen LogP contribution is -2.27. The van der Waals surface area contributed by atoms with E-state index in [1.807, 2.05) is 6.08 Å². The molecule has 0 aromatic heterocycles. The van der Waals surface area contributed by atoms with Gasteiger partial charge in [0.2, 0.25) is 0 Å². The van der Waals surface area contributed by atoms with E-state index in [0.29, 0.717) is 13.2 Å². The van der Waals surface area contributed by atoms with Crippen LogP contribution in [0.2, 0.25) is 0 Å². The van der Waals surface area contributed by atoms with Gasteiger partial charge in [-0.3, -0.25) is 0 Å². The normalized spacial score (nSPS) is 12.6. The Morgan fingerprint density at radius 2 is 2.06 bits per heavy atom. The lowest BCUT2D eigenvalue weighted by molar-refractivity contribution is 0.0307. The molecule has 16 heavy (non-hydrogen) atoms. The van der Waals surface area contributed by atoms with E-state index in [1.165, 1.54) is 0 Å². The third-order valence-electron chi connectivity index (χ3n) is 1.99. The molecule has 0 aliphatic carbocycles. The van der Waals surface area contributed by atoms with Gasteiger partial charge in [0.15, 0.2) is 0 Å². The Bertz CT molecular complexity index is 153. The fourth-order valence-electron chi connectivity index (χ4n) is 1.14. The molecule has 0 rings (SSSR count). The van der Waals surface area contributed by atoms with E-state index in [-0.39, 0.29) is 6.10 Å². The van der Waals surface area contributed by atoms with Crippen LogP contribution in [0.25, 0.3) is 0 Å². The molecule has 4 heteroatoms. The molecule has 1 unspecified atom stereocenters. The second-order valence-corrected chi connectivity index (χ2v) is 3.59. The van der Waals surface area contributed by atoms with Gasteiger partial charge in [-0.2, -0.15) is 0 Å².